The Labute approximate surface area is 120 Å². The van der Waals surface area contributed by atoms with E-state index in [1.165, 1.54) is 0 Å². The Morgan fingerprint density at radius 1 is 1.32 bits per heavy atom. The standard InChI is InChI=1S/C10H12Cl2N2O4S/c11-7-5-8(12)9(4-6(7)10(15)16)19(17,18)14-3-1-2-13/h4-5,14H,1-3,13H2,(H,15,16). The van der Waals surface area contributed by atoms with Gasteiger partial charge in [-0.1, -0.05) is 23.2 Å². The number of hydrogen-bond donors (Lipinski definition) is 3. The monoisotopic (exact) mass is 326 g/mol. The van der Waals surface area contributed by atoms with Crippen molar-refractivity contribution in [2.24, 2.45) is 5.73 Å². The lowest BCUT2D eigenvalue weighted by molar-refractivity contribution is 0.0697. The molecule has 0 aliphatic carbocycles. The minimum Gasteiger partial charge on any atom is -0.478 e. The topological polar surface area (TPSA) is 109 Å². The van der Waals surface area contributed by atoms with Gasteiger partial charge in [-0.05, 0) is 25.1 Å². The van der Waals surface area contributed by atoms with Gasteiger partial charge in [0.05, 0.1) is 15.6 Å². The molecule has 0 heterocycles. The first-order valence-electron chi connectivity index (χ1n) is 5.21. The molecule has 0 spiro atoms. The van der Waals surface area contributed by atoms with Gasteiger partial charge < -0.3 is 10.8 Å². The number of nitrogens with two attached hydrogens (primary N) is 1. The van der Waals surface area contributed by atoms with Gasteiger partial charge in [-0.25, -0.2) is 17.9 Å². The number of rotatable bonds is 6. The summed E-state index contributed by atoms with van der Waals surface area (Å²) in [6, 6.07) is 2.02. The largest absolute Gasteiger partial charge is 0.478 e. The van der Waals surface area contributed by atoms with Crippen LogP contribution in [0.5, 0.6) is 0 Å². The van der Waals surface area contributed by atoms with E-state index in [0.717, 1.165) is 12.1 Å². The van der Waals surface area contributed by atoms with E-state index in [-0.39, 0.29) is 27.0 Å². The molecule has 0 unspecified atom stereocenters. The van der Waals surface area contributed by atoms with Gasteiger partial charge in [0.2, 0.25) is 10.0 Å². The van der Waals surface area contributed by atoms with Crippen LogP contribution in [0.4, 0.5) is 0 Å². The van der Waals surface area contributed by atoms with E-state index in [4.69, 9.17) is 34.0 Å². The third-order valence-electron chi connectivity index (χ3n) is 2.21. The van der Waals surface area contributed by atoms with Crippen LogP contribution in [0.15, 0.2) is 17.0 Å². The molecule has 0 atom stereocenters. The average Bonchev–Trinajstić information content (AvgIpc) is 2.28. The number of sulfonamides is 1. The summed E-state index contributed by atoms with van der Waals surface area (Å²) in [6.07, 6.45) is 0.455. The molecule has 0 saturated carbocycles. The highest BCUT2D eigenvalue weighted by Gasteiger charge is 2.21. The number of aromatic carboxylic acids is 1. The second-order valence-electron chi connectivity index (χ2n) is 3.61. The van der Waals surface area contributed by atoms with E-state index >= 15 is 0 Å². The fourth-order valence-corrected chi connectivity index (χ4v) is 3.21. The maximum atomic E-state index is 11.9. The Morgan fingerprint density at radius 3 is 2.47 bits per heavy atom. The maximum Gasteiger partial charge on any atom is 0.337 e. The third-order valence-corrected chi connectivity index (χ3v) is 4.45. The zero-order valence-corrected chi connectivity index (χ0v) is 12.0. The van der Waals surface area contributed by atoms with Crippen molar-refractivity contribution < 1.29 is 18.3 Å². The molecular weight excluding hydrogens is 315 g/mol. The molecule has 0 aliphatic heterocycles. The van der Waals surface area contributed by atoms with Crippen LogP contribution in [0, 0.1) is 0 Å². The highest BCUT2D eigenvalue weighted by molar-refractivity contribution is 7.89. The quantitative estimate of drug-likeness (QED) is 0.683. The van der Waals surface area contributed by atoms with Crippen LogP contribution in [0.25, 0.3) is 0 Å². The molecule has 1 aromatic rings. The molecule has 4 N–H and O–H groups in total. The molecule has 0 bridgehead atoms. The van der Waals surface area contributed by atoms with Crippen LogP contribution in [-0.2, 0) is 10.0 Å². The summed E-state index contributed by atoms with van der Waals surface area (Å²) in [6.45, 7) is 0.470. The highest BCUT2D eigenvalue weighted by atomic mass is 35.5. The Balaban J connectivity index is 3.19. The number of carboxylic acid groups (broad SMARTS) is 1. The summed E-state index contributed by atoms with van der Waals surface area (Å²) < 4.78 is 26.2. The van der Waals surface area contributed by atoms with Crippen molar-refractivity contribution in [1.82, 2.24) is 4.72 Å². The van der Waals surface area contributed by atoms with Crippen molar-refractivity contribution in [2.45, 2.75) is 11.3 Å². The Bertz CT molecular complexity index is 589. The average molecular weight is 327 g/mol. The van der Waals surface area contributed by atoms with Gasteiger partial charge >= 0.3 is 5.97 Å². The SMILES string of the molecule is NCCCNS(=O)(=O)c1cc(C(=O)O)c(Cl)cc1Cl. The Morgan fingerprint density at radius 2 is 1.95 bits per heavy atom. The molecule has 0 aromatic heterocycles. The highest BCUT2D eigenvalue weighted by Crippen LogP contribution is 2.28. The molecule has 0 radical (unpaired) electrons. The van der Waals surface area contributed by atoms with E-state index in [1.807, 2.05) is 0 Å². The van der Waals surface area contributed by atoms with Gasteiger partial charge in [0.25, 0.3) is 0 Å². The summed E-state index contributed by atoms with van der Waals surface area (Å²) in [5.74, 6) is -1.33. The third kappa shape index (κ3) is 4.05. The second kappa shape index (κ2) is 6.53. The van der Waals surface area contributed by atoms with Gasteiger partial charge in [-0.2, -0.15) is 0 Å². The second-order valence-corrected chi connectivity index (χ2v) is 6.16. The van der Waals surface area contributed by atoms with Crippen LogP contribution in [0.3, 0.4) is 0 Å². The van der Waals surface area contributed by atoms with Crippen molar-refractivity contribution in [3.63, 3.8) is 0 Å². The minimum atomic E-state index is -3.90. The molecule has 6 nitrogen and oxygen atoms in total. The number of hydrogen-bond acceptors (Lipinski definition) is 4. The molecule has 106 valence electrons. The molecule has 0 amide bonds. The molecule has 9 heteroatoms. The van der Waals surface area contributed by atoms with Gasteiger partial charge in [0, 0.05) is 6.54 Å². The predicted octanol–water partition coefficient (Wildman–Crippen LogP) is 1.32. The first-order valence-corrected chi connectivity index (χ1v) is 7.45. The van der Waals surface area contributed by atoms with Crippen LogP contribution in [0.1, 0.15) is 16.8 Å². The Kier molecular flexibility index (Phi) is 5.57. The van der Waals surface area contributed by atoms with E-state index in [1.54, 1.807) is 0 Å². The zero-order valence-electron chi connectivity index (χ0n) is 9.69. The lowest BCUT2D eigenvalue weighted by Crippen LogP contribution is -2.26. The molecule has 0 saturated heterocycles. The maximum absolute atomic E-state index is 11.9. The fourth-order valence-electron chi connectivity index (χ4n) is 1.29. The minimum absolute atomic E-state index is 0.126. The fraction of sp³-hybridized carbons (Fsp3) is 0.300. The number of nitrogens with one attached hydrogen (secondary N) is 1. The van der Waals surface area contributed by atoms with E-state index < -0.39 is 16.0 Å². The summed E-state index contributed by atoms with van der Waals surface area (Å²) in [7, 11) is -3.90. The van der Waals surface area contributed by atoms with Gasteiger partial charge in [-0.3, -0.25) is 0 Å². The molecule has 0 fully saturated rings. The number of benzene rings is 1. The first kappa shape index (κ1) is 16.2. The van der Waals surface area contributed by atoms with Crippen molar-refractivity contribution >= 4 is 39.2 Å². The lowest BCUT2D eigenvalue weighted by atomic mass is 10.2. The van der Waals surface area contributed by atoms with Crippen molar-refractivity contribution in [3.8, 4) is 0 Å². The Hall–Kier alpha value is -0.860. The molecular formula is C10H12Cl2N2O4S. The lowest BCUT2D eigenvalue weighted by Gasteiger charge is -2.09. The summed E-state index contributed by atoms with van der Waals surface area (Å²) in [5, 5.41) is 8.63. The van der Waals surface area contributed by atoms with E-state index in [2.05, 4.69) is 4.72 Å². The van der Waals surface area contributed by atoms with E-state index in [0.29, 0.717) is 13.0 Å². The van der Waals surface area contributed by atoms with Gasteiger partial charge in [0.1, 0.15) is 4.90 Å². The molecule has 1 rings (SSSR count). The van der Waals surface area contributed by atoms with Gasteiger partial charge in [-0.15, -0.1) is 0 Å². The summed E-state index contributed by atoms with van der Waals surface area (Å²) in [4.78, 5) is 10.6. The van der Waals surface area contributed by atoms with Crippen molar-refractivity contribution in [2.75, 3.05) is 13.1 Å². The number of halogens is 2. The summed E-state index contributed by atoms with van der Waals surface area (Å²) >= 11 is 11.5. The predicted molar refractivity (Wildman–Crippen MR) is 72.3 cm³/mol. The smallest absolute Gasteiger partial charge is 0.337 e. The van der Waals surface area contributed by atoms with Crippen molar-refractivity contribution in [1.29, 1.82) is 0 Å². The first-order chi connectivity index (χ1) is 8.79. The number of carbonyl (C=O) groups is 1. The normalized spacial score (nSPS) is 11.5. The van der Waals surface area contributed by atoms with Crippen LogP contribution < -0.4 is 10.5 Å². The zero-order chi connectivity index (χ0) is 14.6. The van der Waals surface area contributed by atoms with Crippen molar-refractivity contribution in [3.05, 3.63) is 27.7 Å². The van der Waals surface area contributed by atoms with Crippen LogP contribution in [-0.4, -0.2) is 32.6 Å². The van der Waals surface area contributed by atoms with Gasteiger partial charge in [0.15, 0.2) is 0 Å². The van der Waals surface area contributed by atoms with E-state index in [9.17, 15) is 13.2 Å². The molecule has 0 aliphatic rings. The molecule has 19 heavy (non-hydrogen) atoms. The molecule has 1 aromatic carbocycles. The summed E-state index contributed by atoms with van der Waals surface area (Å²) in [5.41, 5.74) is 4.93. The number of carboxylic acids is 1. The van der Waals surface area contributed by atoms with Crippen LogP contribution >= 0.6 is 23.2 Å². The van der Waals surface area contributed by atoms with Crippen LogP contribution in [0.2, 0.25) is 10.0 Å².